The minimum atomic E-state index is -4.80. The Morgan fingerprint density at radius 2 is 1.93 bits per heavy atom. The molecule has 236 valence electrons. The number of amides is 2. The average molecular weight is 609 g/mol. The molecule has 2 amide bonds. The first-order valence-corrected chi connectivity index (χ1v) is 14.1. The number of alkyl halides is 3. The molecule has 2 aromatic rings. The highest BCUT2D eigenvalue weighted by molar-refractivity contribution is 5.91. The summed E-state index contributed by atoms with van der Waals surface area (Å²) < 4.78 is 48.1. The van der Waals surface area contributed by atoms with Crippen LogP contribution in [0.1, 0.15) is 68.9 Å². The van der Waals surface area contributed by atoms with Gasteiger partial charge in [-0.1, -0.05) is 17.3 Å². The van der Waals surface area contributed by atoms with Crippen molar-refractivity contribution in [2.24, 2.45) is 11.0 Å². The van der Waals surface area contributed by atoms with Crippen LogP contribution in [-0.2, 0) is 17.8 Å². The molecular formula is C28H39F3N8O4. The molecule has 1 fully saturated rings. The van der Waals surface area contributed by atoms with Crippen molar-refractivity contribution in [3.63, 3.8) is 0 Å². The second kappa shape index (κ2) is 15.3. The predicted molar refractivity (Wildman–Crippen MR) is 150 cm³/mol. The van der Waals surface area contributed by atoms with E-state index < -0.39 is 17.9 Å². The number of piperidine rings is 1. The van der Waals surface area contributed by atoms with Gasteiger partial charge in [0, 0.05) is 38.9 Å². The topological polar surface area (TPSA) is 147 Å². The van der Waals surface area contributed by atoms with Crippen molar-refractivity contribution < 1.29 is 32.2 Å². The monoisotopic (exact) mass is 608 g/mol. The molecule has 12 nitrogen and oxygen atoms in total. The summed E-state index contributed by atoms with van der Waals surface area (Å²) in [5.74, 6) is -0.461. The van der Waals surface area contributed by atoms with Crippen LogP contribution in [0, 0.1) is 11.4 Å². The minimum Gasteiger partial charge on any atom is -0.444 e. The molecule has 0 spiro atoms. The molecule has 1 saturated heterocycles. The number of carbonyl (C=O) groups excluding carboxylic acids is 2. The van der Waals surface area contributed by atoms with E-state index >= 15 is 0 Å². The van der Waals surface area contributed by atoms with Crippen LogP contribution in [0.5, 0.6) is 5.75 Å². The molecular weight excluding hydrogens is 569 g/mol. The summed E-state index contributed by atoms with van der Waals surface area (Å²) in [5.41, 5.74) is 8.09. The zero-order valence-electron chi connectivity index (χ0n) is 24.6. The Bertz CT molecular complexity index is 1250. The van der Waals surface area contributed by atoms with Crippen LogP contribution >= 0.6 is 0 Å². The van der Waals surface area contributed by atoms with E-state index in [2.05, 4.69) is 30.8 Å². The quantitative estimate of drug-likeness (QED) is 0.204. The van der Waals surface area contributed by atoms with Gasteiger partial charge >= 0.3 is 12.5 Å². The molecule has 0 bridgehead atoms. The van der Waals surface area contributed by atoms with E-state index in [9.17, 15) is 22.8 Å². The molecule has 1 aliphatic rings. The van der Waals surface area contributed by atoms with E-state index in [4.69, 9.17) is 10.3 Å². The van der Waals surface area contributed by atoms with Gasteiger partial charge in [0.1, 0.15) is 11.4 Å². The van der Waals surface area contributed by atoms with Crippen LogP contribution in [0.25, 0.3) is 0 Å². The fraction of sp³-hybridized carbons (Fsp3) is 0.571. The minimum absolute atomic E-state index is 0.00814. The van der Waals surface area contributed by atoms with Crippen LogP contribution in [-0.4, -0.2) is 63.5 Å². The van der Waals surface area contributed by atoms with Crippen LogP contribution in [0.2, 0.25) is 0 Å². The highest BCUT2D eigenvalue weighted by atomic mass is 19.4. The Morgan fingerprint density at radius 3 is 2.60 bits per heavy atom. The summed E-state index contributed by atoms with van der Waals surface area (Å²) in [5, 5.41) is 17.3. The number of allylic oxidation sites excluding steroid dienone is 1. The van der Waals surface area contributed by atoms with E-state index in [0.717, 1.165) is 25.8 Å². The average Bonchev–Trinajstić information content (AvgIpc) is 3.41. The summed E-state index contributed by atoms with van der Waals surface area (Å²) in [7, 11) is 0. The number of hydrogen-bond donors (Lipinski definition) is 3. The van der Waals surface area contributed by atoms with Gasteiger partial charge < -0.3 is 25.0 Å². The number of benzene rings is 1. The number of ether oxygens (including phenoxy) is 2. The normalized spacial score (nSPS) is 14.7. The smallest absolute Gasteiger partial charge is 0.444 e. The summed E-state index contributed by atoms with van der Waals surface area (Å²) in [6, 6.07) is 5.35. The van der Waals surface area contributed by atoms with Gasteiger partial charge in [-0.25, -0.2) is 10.3 Å². The van der Waals surface area contributed by atoms with Crippen molar-refractivity contribution in [1.29, 1.82) is 5.53 Å². The highest BCUT2D eigenvalue weighted by Crippen LogP contribution is 2.23. The third-order valence-electron chi connectivity index (χ3n) is 6.51. The molecule has 0 aliphatic carbocycles. The fourth-order valence-corrected chi connectivity index (χ4v) is 4.37. The Balaban J connectivity index is 1.33. The van der Waals surface area contributed by atoms with E-state index in [-0.39, 0.29) is 24.1 Å². The van der Waals surface area contributed by atoms with E-state index in [0.29, 0.717) is 49.7 Å². The van der Waals surface area contributed by atoms with E-state index in [1.54, 1.807) is 17.2 Å². The lowest BCUT2D eigenvalue weighted by Gasteiger charge is -2.33. The third kappa shape index (κ3) is 12.3. The van der Waals surface area contributed by atoms with Crippen molar-refractivity contribution >= 4 is 12.0 Å². The number of aryl methyl sites for hydroxylation is 1. The van der Waals surface area contributed by atoms with Crippen LogP contribution in [0.15, 0.2) is 47.5 Å². The third-order valence-corrected chi connectivity index (χ3v) is 6.51. The first-order chi connectivity index (χ1) is 20.3. The SMILES string of the molecule is CC(C)(C)OC(=O)N1CCC(CN/C=C(/CCCCn2cc(C(=O)NCc3cccc(OC(F)(F)F)c3)nn2)N=N)CC1. The first-order valence-electron chi connectivity index (χ1n) is 14.1. The second-order valence-electron chi connectivity index (χ2n) is 11.3. The van der Waals surface area contributed by atoms with Crippen LogP contribution in [0.4, 0.5) is 18.0 Å². The molecule has 1 aliphatic heterocycles. The molecule has 0 unspecified atom stereocenters. The Morgan fingerprint density at radius 1 is 1.19 bits per heavy atom. The number of carbonyl (C=O) groups is 2. The summed E-state index contributed by atoms with van der Waals surface area (Å²) in [6.07, 6.45) is 1.97. The van der Waals surface area contributed by atoms with Crippen molar-refractivity contribution in [2.75, 3.05) is 19.6 Å². The molecule has 1 aromatic carbocycles. The van der Waals surface area contributed by atoms with E-state index in [1.807, 2.05) is 20.8 Å². The van der Waals surface area contributed by atoms with Crippen LogP contribution < -0.4 is 15.4 Å². The molecule has 0 atom stereocenters. The van der Waals surface area contributed by atoms with Crippen molar-refractivity contribution in [2.45, 2.75) is 77.9 Å². The van der Waals surface area contributed by atoms with Crippen molar-refractivity contribution in [1.82, 2.24) is 30.5 Å². The van der Waals surface area contributed by atoms with E-state index in [1.165, 1.54) is 29.1 Å². The zero-order valence-corrected chi connectivity index (χ0v) is 24.6. The summed E-state index contributed by atoms with van der Waals surface area (Å²) in [4.78, 5) is 26.4. The Kier molecular flexibility index (Phi) is 11.9. The molecule has 2 heterocycles. The molecule has 0 saturated carbocycles. The number of hydrogen-bond acceptors (Lipinski definition) is 9. The lowest BCUT2D eigenvalue weighted by Crippen LogP contribution is -2.43. The molecule has 3 rings (SSSR count). The summed E-state index contributed by atoms with van der Waals surface area (Å²) >= 11 is 0. The maximum absolute atomic E-state index is 12.4. The van der Waals surface area contributed by atoms with Gasteiger partial charge in [0.2, 0.25) is 0 Å². The fourth-order valence-electron chi connectivity index (χ4n) is 4.37. The van der Waals surface area contributed by atoms with Gasteiger partial charge in [0.25, 0.3) is 5.91 Å². The number of likely N-dealkylation sites (tertiary alicyclic amines) is 1. The Labute approximate surface area is 248 Å². The summed E-state index contributed by atoms with van der Waals surface area (Å²) in [6.45, 7) is 8.10. The maximum atomic E-state index is 12.4. The number of nitrogens with zero attached hydrogens (tertiary/aromatic N) is 5. The molecule has 3 N–H and O–H groups in total. The van der Waals surface area contributed by atoms with Gasteiger partial charge in [-0.3, -0.25) is 9.48 Å². The van der Waals surface area contributed by atoms with Gasteiger partial charge in [0.15, 0.2) is 5.69 Å². The van der Waals surface area contributed by atoms with Crippen molar-refractivity contribution in [3.05, 3.63) is 53.6 Å². The number of halogens is 3. The first kappa shape index (κ1) is 33.3. The largest absolute Gasteiger partial charge is 0.573 e. The highest BCUT2D eigenvalue weighted by Gasteiger charge is 2.31. The number of unbranched alkanes of at least 4 members (excludes halogenated alkanes) is 1. The molecule has 1 aromatic heterocycles. The number of nitrogens with one attached hydrogen (secondary N) is 3. The lowest BCUT2D eigenvalue weighted by molar-refractivity contribution is -0.274. The molecule has 15 heteroatoms. The maximum Gasteiger partial charge on any atom is 0.573 e. The number of aromatic nitrogens is 3. The predicted octanol–water partition coefficient (Wildman–Crippen LogP) is 5.39. The molecule has 0 radical (unpaired) electrons. The van der Waals surface area contributed by atoms with Gasteiger partial charge in [-0.05, 0) is 76.5 Å². The zero-order chi connectivity index (χ0) is 31.5. The van der Waals surface area contributed by atoms with Crippen molar-refractivity contribution in [3.8, 4) is 5.75 Å². The van der Waals surface area contributed by atoms with Gasteiger partial charge in [0.05, 0.1) is 11.9 Å². The standard InChI is InChI=1S/C28H39F3N8O4/c1-27(2,3)43-26(41)38-13-10-20(11-14-38)16-33-18-22(35-32)8-4-5-12-39-19-24(36-37-39)25(40)34-17-21-7-6-9-23(15-21)42-28(29,30)31/h6-7,9,15,18-20,32-33H,4-5,8,10-14,16-17H2,1-3H3,(H,34,40)/b22-18-,35-32?. The molecule has 43 heavy (non-hydrogen) atoms. The van der Waals surface area contributed by atoms with Gasteiger partial charge in [-0.15, -0.1) is 18.3 Å². The van der Waals surface area contributed by atoms with Crippen LogP contribution in [0.3, 0.4) is 0 Å². The Hall–Kier alpha value is -4.17. The second-order valence-corrected chi connectivity index (χ2v) is 11.3. The number of rotatable bonds is 13. The van der Waals surface area contributed by atoms with Gasteiger partial charge in [-0.2, -0.15) is 5.11 Å². The lowest BCUT2D eigenvalue weighted by atomic mass is 9.97.